The average Bonchev–Trinajstić information content (AvgIpc) is 2.48. The SMILES string of the molecule is CCN1CCC(N(C)CC(=O)N2CCC(=O)CC2)CC1. The van der Waals surface area contributed by atoms with Gasteiger partial charge in [0.2, 0.25) is 5.91 Å². The number of likely N-dealkylation sites (tertiary alicyclic amines) is 2. The lowest BCUT2D eigenvalue weighted by Gasteiger charge is -2.37. The van der Waals surface area contributed by atoms with Gasteiger partial charge in [-0.1, -0.05) is 6.92 Å². The number of ketones is 1. The van der Waals surface area contributed by atoms with Crippen LogP contribution in [0.5, 0.6) is 0 Å². The van der Waals surface area contributed by atoms with E-state index in [0.29, 0.717) is 38.5 Å². The van der Waals surface area contributed by atoms with Crippen LogP contribution in [0.25, 0.3) is 0 Å². The Balaban J connectivity index is 1.75. The highest BCUT2D eigenvalue weighted by Gasteiger charge is 2.26. The summed E-state index contributed by atoms with van der Waals surface area (Å²) in [6.07, 6.45) is 3.36. The smallest absolute Gasteiger partial charge is 0.236 e. The Morgan fingerprint density at radius 3 is 2.35 bits per heavy atom. The number of piperidine rings is 2. The van der Waals surface area contributed by atoms with Gasteiger partial charge in [0.15, 0.2) is 0 Å². The molecule has 2 aliphatic rings. The second-order valence-corrected chi connectivity index (χ2v) is 6.00. The molecule has 2 aliphatic heterocycles. The van der Waals surface area contributed by atoms with Gasteiger partial charge in [0, 0.05) is 32.0 Å². The molecule has 2 rings (SSSR count). The van der Waals surface area contributed by atoms with Crippen molar-refractivity contribution in [2.24, 2.45) is 0 Å². The third kappa shape index (κ3) is 4.03. The normalized spacial score (nSPS) is 22.6. The summed E-state index contributed by atoms with van der Waals surface area (Å²) in [5.74, 6) is 0.465. The molecule has 0 aromatic rings. The Bertz CT molecular complexity index is 341. The lowest BCUT2D eigenvalue weighted by molar-refractivity contribution is -0.135. The second-order valence-electron chi connectivity index (χ2n) is 6.00. The number of nitrogens with zero attached hydrogens (tertiary/aromatic N) is 3. The number of carbonyl (C=O) groups excluding carboxylic acids is 2. The van der Waals surface area contributed by atoms with Gasteiger partial charge in [-0.25, -0.2) is 0 Å². The Hall–Kier alpha value is -0.940. The number of hydrogen-bond donors (Lipinski definition) is 0. The van der Waals surface area contributed by atoms with Gasteiger partial charge in [-0.15, -0.1) is 0 Å². The number of amides is 1. The molecule has 0 saturated carbocycles. The fraction of sp³-hybridized carbons (Fsp3) is 0.867. The van der Waals surface area contributed by atoms with E-state index in [9.17, 15) is 9.59 Å². The number of rotatable bonds is 4. The van der Waals surface area contributed by atoms with Crippen molar-refractivity contribution in [1.29, 1.82) is 0 Å². The number of carbonyl (C=O) groups is 2. The van der Waals surface area contributed by atoms with Crippen LogP contribution in [0.15, 0.2) is 0 Å². The monoisotopic (exact) mass is 281 g/mol. The van der Waals surface area contributed by atoms with E-state index in [4.69, 9.17) is 0 Å². The molecule has 0 aromatic heterocycles. The summed E-state index contributed by atoms with van der Waals surface area (Å²) in [5, 5.41) is 0. The highest BCUT2D eigenvalue weighted by molar-refractivity contribution is 5.84. The van der Waals surface area contributed by atoms with E-state index in [1.165, 1.54) is 0 Å². The molecular formula is C15H27N3O2. The maximum absolute atomic E-state index is 12.2. The highest BCUT2D eigenvalue weighted by Crippen LogP contribution is 2.15. The summed E-state index contributed by atoms with van der Waals surface area (Å²) in [4.78, 5) is 30.0. The number of Topliss-reactive ketones (excluding diaryl/α,β-unsaturated/α-hetero) is 1. The van der Waals surface area contributed by atoms with Gasteiger partial charge in [0.1, 0.15) is 5.78 Å². The van der Waals surface area contributed by atoms with Crippen LogP contribution >= 0.6 is 0 Å². The Morgan fingerprint density at radius 2 is 1.80 bits per heavy atom. The zero-order chi connectivity index (χ0) is 14.5. The lowest BCUT2D eigenvalue weighted by atomic mass is 10.0. The predicted octanol–water partition coefficient (Wildman–Crippen LogP) is 0.594. The van der Waals surface area contributed by atoms with Crippen LogP contribution in [-0.2, 0) is 9.59 Å². The molecule has 2 heterocycles. The summed E-state index contributed by atoms with van der Waals surface area (Å²) in [5.41, 5.74) is 0. The molecule has 0 aliphatic carbocycles. The molecule has 5 heteroatoms. The topological polar surface area (TPSA) is 43.9 Å². The average molecular weight is 281 g/mol. The van der Waals surface area contributed by atoms with Crippen molar-refractivity contribution in [3.8, 4) is 0 Å². The molecule has 2 saturated heterocycles. The fourth-order valence-electron chi connectivity index (χ4n) is 3.12. The van der Waals surface area contributed by atoms with E-state index in [-0.39, 0.29) is 11.7 Å². The molecule has 0 N–H and O–H groups in total. The van der Waals surface area contributed by atoms with E-state index < -0.39 is 0 Å². The first kappa shape index (κ1) is 15.4. The first-order valence-corrected chi connectivity index (χ1v) is 7.82. The Labute approximate surface area is 121 Å². The maximum Gasteiger partial charge on any atom is 0.236 e. The molecular weight excluding hydrogens is 254 g/mol. The minimum Gasteiger partial charge on any atom is -0.341 e. The molecule has 1 amide bonds. The summed E-state index contributed by atoms with van der Waals surface area (Å²) in [6.45, 7) is 7.31. The van der Waals surface area contributed by atoms with Gasteiger partial charge < -0.3 is 9.80 Å². The number of hydrogen-bond acceptors (Lipinski definition) is 4. The molecule has 0 unspecified atom stereocenters. The quantitative estimate of drug-likeness (QED) is 0.757. The van der Waals surface area contributed by atoms with Gasteiger partial charge in [0.25, 0.3) is 0 Å². The fourth-order valence-corrected chi connectivity index (χ4v) is 3.12. The van der Waals surface area contributed by atoms with Crippen LogP contribution in [0.4, 0.5) is 0 Å². The molecule has 5 nitrogen and oxygen atoms in total. The van der Waals surface area contributed by atoms with Crippen LogP contribution in [-0.4, -0.2) is 78.7 Å². The van der Waals surface area contributed by atoms with Crippen molar-refractivity contribution in [3.05, 3.63) is 0 Å². The zero-order valence-electron chi connectivity index (χ0n) is 12.8. The van der Waals surface area contributed by atoms with E-state index in [0.717, 1.165) is 32.5 Å². The van der Waals surface area contributed by atoms with Gasteiger partial charge in [-0.3, -0.25) is 14.5 Å². The van der Waals surface area contributed by atoms with E-state index in [1.54, 1.807) is 0 Å². The molecule has 0 atom stereocenters. The summed E-state index contributed by atoms with van der Waals surface area (Å²) >= 11 is 0. The van der Waals surface area contributed by atoms with Gasteiger partial charge >= 0.3 is 0 Å². The highest BCUT2D eigenvalue weighted by atomic mass is 16.2. The van der Waals surface area contributed by atoms with Crippen molar-refractivity contribution in [3.63, 3.8) is 0 Å². The van der Waals surface area contributed by atoms with Crippen LogP contribution in [0.2, 0.25) is 0 Å². The van der Waals surface area contributed by atoms with Crippen LogP contribution < -0.4 is 0 Å². The van der Waals surface area contributed by atoms with Crippen molar-refractivity contribution < 1.29 is 9.59 Å². The molecule has 20 heavy (non-hydrogen) atoms. The first-order valence-electron chi connectivity index (χ1n) is 7.82. The molecule has 0 radical (unpaired) electrons. The maximum atomic E-state index is 12.2. The molecule has 0 spiro atoms. The van der Waals surface area contributed by atoms with E-state index in [1.807, 2.05) is 4.90 Å². The summed E-state index contributed by atoms with van der Waals surface area (Å²) in [7, 11) is 2.05. The third-order valence-electron chi connectivity index (χ3n) is 4.69. The minimum absolute atomic E-state index is 0.179. The van der Waals surface area contributed by atoms with E-state index in [2.05, 4.69) is 23.8 Å². The molecule has 0 aromatic carbocycles. The van der Waals surface area contributed by atoms with Crippen molar-refractivity contribution >= 4 is 11.7 Å². The van der Waals surface area contributed by atoms with Gasteiger partial charge in [-0.2, -0.15) is 0 Å². The van der Waals surface area contributed by atoms with Gasteiger partial charge in [0.05, 0.1) is 6.54 Å². The van der Waals surface area contributed by atoms with Gasteiger partial charge in [-0.05, 0) is 39.5 Å². The lowest BCUT2D eigenvalue weighted by Crippen LogP contribution is -2.48. The minimum atomic E-state index is 0.179. The second kappa shape index (κ2) is 7.18. The van der Waals surface area contributed by atoms with Crippen LogP contribution in [0.3, 0.4) is 0 Å². The van der Waals surface area contributed by atoms with Crippen molar-refractivity contribution in [1.82, 2.24) is 14.7 Å². The molecule has 2 fully saturated rings. The van der Waals surface area contributed by atoms with Crippen LogP contribution in [0, 0.1) is 0 Å². The van der Waals surface area contributed by atoms with Crippen molar-refractivity contribution in [2.45, 2.75) is 38.6 Å². The summed E-state index contributed by atoms with van der Waals surface area (Å²) in [6, 6.07) is 0.521. The van der Waals surface area contributed by atoms with E-state index >= 15 is 0 Å². The van der Waals surface area contributed by atoms with Crippen LogP contribution in [0.1, 0.15) is 32.6 Å². The molecule has 0 bridgehead atoms. The largest absolute Gasteiger partial charge is 0.341 e. The molecule has 114 valence electrons. The summed E-state index contributed by atoms with van der Waals surface area (Å²) < 4.78 is 0. The first-order chi connectivity index (χ1) is 9.60. The Kier molecular flexibility index (Phi) is 5.54. The zero-order valence-corrected chi connectivity index (χ0v) is 12.8. The third-order valence-corrected chi connectivity index (χ3v) is 4.69. The van der Waals surface area contributed by atoms with Crippen molar-refractivity contribution in [2.75, 3.05) is 46.3 Å². The Morgan fingerprint density at radius 1 is 1.20 bits per heavy atom. The standard InChI is InChI=1S/C15H27N3O2/c1-3-17-8-4-13(5-9-17)16(2)12-15(20)18-10-6-14(19)7-11-18/h13H,3-12H2,1-2H3. The number of likely N-dealkylation sites (N-methyl/N-ethyl adjacent to an activating group) is 1. The predicted molar refractivity (Wildman–Crippen MR) is 78.6 cm³/mol.